The largest absolute Gasteiger partial charge is 0.444 e. The van der Waals surface area contributed by atoms with Crippen molar-refractivity contribution >= 4 is 17.3 Å². The summed E-state index contributed by atoms with van der Waals surface area (Å²) >= 11 is 6.05. The van der Waals surface area contributed by atoms with Gasteiger partial charge in [0.05, 0.1) is 12.2 Å². The van der Waals surface area contributed by atoms with E-state index >= 15 is 0 Å². The summed E-state index contributed by atoms with van der Waals surface area (Å²) in [6.07, 6.45) is 0. The van der Waals surface area contributed by atoms with Crippen molar-refractivity contribution in [1.82, 2.24) is 4.98 Å². The van der Waals surface area contributed by atoms with Crippen molar-refractivity contribution < 1.29 is 4.42 Å². The van der Waals surface area contributed by atoms with Gasteiger partial charge in [-0.25, -0.2) is 4.98 Å². The van der Waals surface area contributed by atoms with Gasteiger partial charge in [0, 0.05) is 10.7 Å². The number of oxazole rings is 1. The molecule has 0 aliphatic rings. The van der Waals surface area contributed by atoms with E-state index in [0.717, 1.165) is 27.7 Å². The number of anilines is 1. The first-order valence-electron chi connectivity index (χ1n) is 5.49. The summed E-state index contributed by atoms with van der Waals surface area (Å²) in [7, 11) is 0. The summed E-state index contributed by atoms with van der Waals surface area (Å²) in [4.78, 5) is 4.30. The molecule has 0 bridgehead atoms. The van der Waals surface area contributed by atoms with Gasteiger partial charge in [0.2, 0.25) is 5.89 Å². The standard InChI is InChI=1S/C13H15ClN2O/c1-8-4-5-11(6-12(8)14)15-7-13-16-9(2)10(3)17-13/h4-6,15H,7H2,1-3H3. The molecule has 17 heavy (non-hydrogen) atoms. The number of halogens is 1. The molecule has 0 aliphatic heterocycles. The molecule has 0 radical (unpaired) electrons. The monoisotopic (exact) mass is 250 g/mol. The van der Waals surface area contributed by atoms with Crippen molar-refractivity contribution in [3.8, 4) is 0 Å². The van der Waals surface area contributed by atoms with Crippen molar-refractivity contribution in [3.63, 3.8) is 0 Å². The van der Waals surface area contributed by atoms with Gasteiger partial charge in [-0.15, -0.1) is 0 Å². The molecular weight excluding hydrogens is 236 g/mol. The van der Waals surface area contributed by atoms with E-state index in [-0.39, 0.29) is 0 Å². The molecule has 1 heterocycles. The lowest BCUT2D eigenvalue weighted by atomic mass is 10.2. The number of hydrogen-bond acceptors (Lipinski definition) is 3. The van der Waals surface area contributed by atoms with Crippen LogP contribution in [0.5, 0.6) is 0 Å². The fourth-order valence-electron chi connectivity index (χ4n) is 1.50. The van der Waals surface area contributed by atoms with Crippen LogP contribution in [0.3, 0.4) is 0 Å². The molecule has 0 saturated carbocycles. The topological polar surface area (TPSA) is 38.1 Å². The van der Waals surface area contributed by atoms with Crippen LogP contribution >= 0.6 is 11.6 Å². The van der Waals surface area contributed by atoms with Gasteiger partial charge in [0.25, 0.3) is 0 Å². The Morgan fingerprint density at radius 3 is 2.65 bits per heavy atom. The van der Waals surface area contributed by atoms with Crippen LogP contribution in [0.25, 0.3) is 0 Å². The molecule has 0 fully saturated rings. The molecule has 1 aromatic carbocycles. The minimum absolute atomic E-state index is 0.564. The molecule has 4 heteroatoms. The zero-order valence-electron chi connectivity index (χ0n) is 10.2. The molecular formula is C13H15ClN2O. The molecule has 2 aromatic rings. The number of benzene rings is 1. The molecule has 0 atom stereocenters. The highest BCUT2D eigenvalue weighted by atomic mass is 35.5. The van der Waals surface area contributed by atoms with Gasteiger partial charge < -0.3 is 9.73 Å². The van der Waals surface area contributed by atoms with Crippen LogP contribution in [-0.2, 0) is 6.54 Å². The van der Waals surface area contributed by atoms with Crippen LogP contribution in [0.15, 0.2) is 22.6 Å². The molecule has 0 aliphatic carbocycles. The Hall–Kier alpha value is -1.48. The fraction of sp³-hybridized carbons (Fsp3) is 0.308. The van der Waals surface area contributed by atoms with Gasteiger partial charge in [-0.3, -0.25) is 0 Å². The second-order valence-corrected chi connectivity index (χ2v) is 4.47. The molecule has 0 amide bonds. The SMILES string of the molecule is Cc1ccc(NCc2nc(C)c(C)o2)cc1Cl. The maximum atomic E-state index is 6.05. The van der Waals surface area contributed by atoms with E-state index in [4.69, 9.17) is 16.0 Å². The molecule has 1 N–H and O–H groups in total. The van der Waals surface area contributed by atoms with Crippen LogP contribution in [0, 0.1) is 20.8 Å². The first kappa shape index (κ1) is 12.0. The molecule has 0 spiro atoms. The van der Waals surface area contributed by atoms with Crippen LogP contribution in [-0.4, -0.2) is 4.98 Å². The Morgan fingerprint density at radius 1 is 1.29 bits per heavy atom. The Kier molecular flexibility index (Phi) is 3.38. The lowest BCUT2D eigenvalue weighted by Gasteiger charge is -2.05. The Balaban J connectivity index is 2.04. The normalized spacial score (nSPS) is 10.6. The zero-order valence-corrected chi connectivity index (χ0v) is 10.9. The third kappa shape index (κ3) is 2.80. The summed E-state index contributed by atoms with van der Waals surface area (Å²) in [6, 6.07) is 5.88. The zero-order chi connectivity index (χ0) is 12.4. The van der Waals surface area contributed by atoms with Gasteiger partial charge >= 0.3 is 0 Å². The number of hydrogen-bond donors (Lipinski definition) is 1. The van der Waals surface area contributed by atoms with E-state index in [1.54, 1.807) is 0 Å². The minimum atomic E-state index is 0.564. The molecule has 0 saturated heterocycles. The highest BCUT2D eigenvalue weighted by Crippen LogP contribution is 2.20. The minimum Gasteiger partial charge on any atom is -0.444 e. The van der Waals surface area contributed by atoms with Crippen molar-refractivity contribution in [1.29, 1.82) is 0 Å². The average molecular weight is 251 g/mol. The molecule has 0 unspecified atom stereocenters. The summed E-state index contributed by atoms with van der Waals surface area (Å²) in [5, 5.41) is 3.99. The quantitative estimate of drug-likeness (QED) is 0.899. The van der Waals surface area contributed by atoms with E-state index in [9.17, 15) is 0 Å². The van der Waals surface area contributed by atoms with Crippen LogP contribution in [0.1, 0.15) is 22.9 Å². The second kappa shape index (κ2) is 4.80. The van der Waals surface area contributed by atoms with Crippen LogP contribution in [0.2, 0.25) is 5.02 Å². The summed E-state index contributed by atoms with van der Waals surface area (Å²) in [5.41, 5.74) is 2.97. The molecule has 1 aromatic heterocycles. The highest BCUT2D eigenvalue weighted by molar-refractivity contribution is 6.31. The highest BCUT2D eigenvalue weighted by Gasteiger charge is 2.05. The number of nitrogens with zero attached hydrogens (tertiary/aromatic N) is 1. The van der Waals surface area contributed by atoms with Crippen molar-refractivity contribution in [2.24, 2.45) is 0 Å². The van der Waals surface area contributed by atoms with Crippen LogP contribution in [0.4, 0.5) is 5.69 Å². The van der Waals surface area contributed by atoms with Gasteiger partial charge in [-0.2, -0.15) is 0 Å². The smallest absolute Gasteiger partial charge is 0.213 e. The Labute approximate surface area is 106 Å². The molecule has 90 valence electrons. The number of nitrogens with one attached hydrogen (secondary N) is 1. The average Bonchev–Trinajstić information content (AvgIpc) is 2.60. The molecule has 3 nitrogen and oxygen atoms in total. The van der Waals surface area contributed by atoms with E-state index in [2.05, 4.69) is 10.3 Å². The van der Waals surface area contributed by atoms with Gasteiger partial charge in [-0.1, -0.05) is 17.7 Å². The summed E-state index contributed by atoms with van der Waals surface area (Å²) in [5.74, 6) is 1.56. The van der Waals surface area contributed by atoms with Crippen LogP contribution < -0.4 is 5.32 Å². The van der Waals surface area contributed by atoms with E-state index in [1.165, 1.54) is 0 Å². The second-order valence-electron chi connectivity index (χ2n) is 4.07. The van der Waals surface area contributed by atoms with Gasteiger partial charge in [0.1, 0.15) is 5.76 Å². The lowest BCUT2D eigenvalue weighted by molar-refractivity contribution is 0.478. The van der Waals surface area contributed by atoms with Crippen molar-refractivity contribution in [3.05, 3.63) is 46.1 Å². The maximum absolute atomic E-state index is 6.05. The lowest BCUT2D eigenvalue weighted by Crippen LogP contribution is -1.99. The van der Waals surface area contributed by atoms with E-state index < -0.39 is 0 Å². The predicted molar refractivity (Wildman–Crippen MR) is 69.5 cm³/mol. The number of rotatable bonds is 3. The van der Waals surface area contributed by atoms with Gasteiger partial charge in [0.15, 0.2) is 0 Å². The van der Waals surface area contributed by atoms with Crippen molar-refractivity contribution in [2.75, 3.05) is 5.32 Å². The maximum Gasteiger partial charge on any atom is 0.213 e. The third-order valence-electron chi connectivity index (χ3n) is 2.69. The number of aryl methyl sites for hydroxylation is 3. The summed E-state index contributed by atoms with van der Waals surface area (Å²) in [6.45, 7) is 6.39. The first-order valence-corrected chi connectivity index (χ1v) is 5.87. The fourth-order valence-corrected chi connectivity index (χ4v) is 1.68. The molecule has 2 rings (SSSR count). The first-order chi connectivity index (χ1) is 8.06. The van der Waals surface area contributed by atoms with E-state index in [1.807, 2.05) is 39.0 Å². The predicted octanol–water partition coefficient (Wildman–Crippen LogP) is 3.87. The van der Waals surface area contributed by atoms with Gasteiger partial charge in [-0.05, 0) is 38.5 Å². The number of aromatic nitrogens is 1. The van der Waals surface area contributed by atoms with Crippen molar-refractivity contribution in [2.45, 2.75) is 27.3 Å². The Morgan fingerprint density at radius 2 is 2.06 bits per heavy atom. The third-order valence-corrected chi connectivity index (χ3v) is 3.10. The Bertz CT molecular complexity index is 515. The van der Waals surface area contributed by atoms with E-state index in [0.29, 0.717) is 12.4 Å². The summed E-state index contributed by atoms with van der Waals surface area (Å²) < 4.78 is 5.48.